The zero-order valence-electron chi connectivity index (χ0n) is 11.8. The van der Waals surface area contributed by atoms with E-state index in [1.54, 1.807) is 0 Å². The third-order valence-electron chi connectivity index (χ3n) is 2.76. The van der Waals surface area contributed by atoms with Crippen molar-refractivity contribution in [1.29, 1.82) is 0 Å². The lowest BCUT2D eigenvalue weighted by Gasteiger charge is -2.12. The lowest BCUT2D eigenvalue weighted by molar-refractivity contribution is 0.276. The fraction of sp³-hybridized carbons (Fsp3) is 0.600. The van der Waals surface area contributed by atoms with Crippen LogP contribution in [0.15, 0.2) is 24.3 Å². The molecular formula is C15H24ClNO2. The smallest absolute Gasteiger partial charge is 0.161 e. The predicted octanol–water partition coefficient (Wildman–Crippen LogP) is 3.46. The van der Waals surface area contributed by atoms with Crippen molar-refractivity contribution in [3.63, 3.8) is 0 Å². The van der Waals surface area contributed by atoms with Gasteiger partial charge in [0.05, 0.1) is 6.61 Å². The number of hydrogen-bond donors (Lipinski definition) is 1. The normalized spacial score (nSPS) is 12.2. The van der Waals surface area contributed by atoms with Crippen LogP contribution in [0, 0.1) is 0 Å². The lowest BCUT2D eigenvalue weighted by atomic mass is 10.2. The summed E-state index contributed by atoms with van der Waals surface area (Å²) >= 11 is 6.04. The number of hydrogen-bond acceptors (Lipinski definition) is 3. The van der Waals surface area contributed by atoms with E-state index in [0.29, 0.717) is 13.2 Å². The van der Waals surface area contributed by atoms with Gasteiger partial charge in [-0.3, -0.25) is 0 Å². The van der Waals surface area contributed by atoms with E-state index in [9.17, 15) is 0 Å². The fourth-order valence-electron chi connectivity index (χ4n) is 1.67. The third-order valence-corrected chi connectivity index (χ3v) is 3.29. The molecule has 0 aromatic heterocycles. The molecule has 1 aromatic carbocycles. The highest BCUT2D eigenvalue weighted by Crippen LogP contribution is 2.25. The Labute approximate surface area is 121 Å². The van der Waals surface area contributed by atoms with Gasteiger partial charge in [-0.05, 0) is 38.4 Å². The van der Waals surface area contributed by atoms with Crippen LogP contribution in [0.1, 0.15) is 26.7 Å². The molecule has 0 aliphatic carbocycles. The Morgan fingerprint density at radius 2 is 1.79 bits per heavy atom. The second-order valence-corrected chi connectivity index (χ2v) is 4.89. The maximum atomic E-state index is 6.04. The number of benzene rings is 1. The number of nitrogens with one attached hydrogen (secondary N) is 1. The molecule has 0 spiro atoms. The minimum atomic E-state index is 0.270. The number of rotatable bonds is 10. The van der Waals surface area contributed by atoms with Gasteiger partial charge in [-0.2, -0.15) is 0 Å². The molecule has 0 aliphatic rings. The Bertz CT molecular complexity index is 347. The van der Waals surface area contributed by atoms with Crippen molar-refractivity contribution in [2.75, 3.05) is 26.3 Å². The van der Waals surface area contributed by atoms with Crippen molar-refractivity contribution < 1.29 is 9.47 Å². The molecule has 19 heavy (non-hydrogen) atoms. The molecule has 1 aromatic rings. The number of ether oxygens (including phenoxy) is 2. The second-order valence-electron chi connectivity index (χ2n) is 4.27. The molecule has 1 rings (SSSR count). The minimum absolute atomic E-state index is 0.270. The molecule has 1 N–H and O–H groups in total. The van der Waals surface area contributed by atoms with Crippen LogP contribution in [0.25, 0.3) is 0 Å². The third kappa shape index (κ3) is 6.69. The molecule has 0 heterocycles. The topological polar surface area (TPSA) is 30.5 Å². The average Bonchev–Trinajstić information content (AvgIpc) is 2.44. The van der Waals surface area contributed by atoms with E-state index < -0.39 is 0 Å². The first-order chi connectivity index (χ1) is 9.27. The molecule has 3 nitrogen and oxygen atoms in total. The van der Waals surface area contributed by atoms with Crippen molar-refractivity contribution in [2.24, 2.45) is 0 Å². The lowest BCUT2D eigenvalue weighted by Crippen LogP contribution is -2.23. The summed E-state index contributed by atoms with van der Waals surface area (Å²) in [6, 6.07) is 7.74. The summed E-state index contributed by atoms with van der Waals surface area (Å²) in [5.41, 5.74) is 0. The Hall–Kier alpha value is -0.930. The highest BCUT2D eigenvalue weighted by Gasteiger charge is 2.03. The fourth-order valence-corrected chi connectivity index (χ4v) is 1.77. The first-order valence-electron chi connectivity index (χ1n) is 6.97. The van der Waals surface area contributed by atoms with Gasteiger partial charge in [-0.25, -0.2) is 0 Å². The van der Waals surface area contributed by atoms with Gasteiger partial charge in [0.2, 0.25) is 0 Å². The van der Waals surface area contributed by atoms with E-state index in [1.807, 2.05) is 31.2 Å². The van der Waals surface area contributed by atoms with Gasteiger partial charge in [0.1, 0.15) is 6.61 Å². The largest absolute Gasteiger partial charge is 0.490 e. The van der Waals surface area contributed by atoms with Crippen LogP contribution in [0.2, 0.25) is 0 Å². The van der Waals surface area contributed by atoms with E-state index >= 15 is 0 Å². The Balaban J connectivity index is 2.18. The van der Waals surface area contributed by atoms with Crippen LogP contribution in [0.3, 0.4) is 0 Å². The summed E-state index contributed by atoms with van der Waals surface area (Å²) in [5, 5.41) is 3.59. The molecule has 0 saturated carbocycles. The molecule has 0 saturated heterocycles. The molecule has 1 unspecified atom stereocenters. The van der Waals surface area contributed by atoms with Gasteiger partial charge >= 0.3 is 0 Å². The van der Waals surface area contributed by atoms with Gasteiger partial charge in [-0.1, -0.05) is 19.1 Å². The number of para-hydroxylation sites is 2. The quantitative estimate of drug-likeness (QED) is 0.527. The number of halogens is 1. The molecule has 108 valence electrons. The van der Waals surface area contributed by atoms with Crippen LogP contribution in [0.4, 0.5) is 0 Å². The maximum absolute atomic E-state index is 6.04. The number of alkyl halides is 1. The molecule has 4 heteroatoms. The minimum Gasteiger partial charge on any atom is -0.490 e. The van der Waals surface area contributed by atoms with Crippen LogP contribution in [-0.4, -0.2) is 31.7 Å². The highest BCUT2D eigenvalue weighted by atomic mass is 35.5. The summed E-state index contributed by atoms with van der Waals surface area (Å²) < 4.78 is 11.2. The van der Waals surface area contributed by atoms with Gasteiger partial charge in [-0.15, -0.1) is 11.6 Å². The van der Waals surface area contributed by atoms with Crippen LogP contribution < -0.4 is 14.8 Å². The molecule has 0 aliphatic heterocycles. The monoisotopic (exact) mass is 285 g/mol. The van der Waals surface area contributed by atoms with Crippen molar-refractivity contribution >= 4 is 11.6 Å². The SMILES string of the molecule is CCOc1ccccc1OCCNCCC(Cl)CC. The second kappa shape index (κ2) is 9.93. The molecule has 0 fully saturated rings. The van der Waals surface area contributed by atoms with Gasteiger partial charge < -0.3 is 14.8 Å². The van der Waals surface area contributed by atoms with E-state index in [1.165, 1.54) is 0 Å². The van der Waals surface area contributed by atoms with Crippen molar-refractivity contribution in [2.45, 2.75) is 32.1 Å². The van der Waals surface area contributed by atoms with Crippen molar-refractivity contribution in [1.82, 2.24) is 5.32 Å². The van der Waals surface area contributed by atoms with E-state index in [2.05, 4.69) is 12.2 Å². The Morgan fingerprint density at radius 1 is 1.11 bits per heavy atom. The molecular weight excluding hydrogens is 262 g/mol. The molecule has 1 atom stereocenters. The standard InChI is InChI=1S/C15H24ClNO2/c1-3-13(16)9-10-17-11-12-19-15-8-6-5-7-14(15)18-4-2/h5-8,13,17H,3-4,9-12H2,1-2H3. The Kier molecular flexibility index (Phi) is 8.43. The zero-order valence-corrected chi connectivity index (χ0v) is 12.6. The summed E-state index contributed by atoms with van der Waals surface area (Å²) in [7, 11) is 0. The van der Waals surface area contributed by atoms with Gasteiger partial charge in [0.15, 0.2) is 11.5 Å². The van der Waals surface area contributed by atoms with E-state index in [0.717, 1.165) is 37.4 Å². The van der Waals surface area contributed by atoms with Gasteiger partial charge in [0.25, 0.3) is 0 Å². The Morgan fingerprint density at radius 3 is 2.42 bits per heavy atom. The summed E-state index contributed by atoms with van der Waals surface area (Å²) in [6.45, 7) is 7.09. The summed E-state index contributed by atoms with van der Waals surface area (Å²) in [4.78, 5) is 0. The molecule has 0 amide bonds. The van der Waals surface area contributed by atoms with Crippen LogP contribution in [-0.2, 0) is 0 Å². The van der Waals surface area contributed by atoms with E-state index in [-0.39, 0.29) is 5.38 Å². The van der Waals surface area contributed by atoms with Crippen molar-refractivity contribution in [3.8, 4) is 11.5 Å². The first-order valence-corrected chi connectivity index (χ1v) is 7.41. The van der Waals surface area contributed by atoms with Crippen LogP contribution in [0.5, 0.6) is 11.5 Å². The zero-order chi connectivity index (χ0) is 13.9. The maximum Gasteiger partial charge on any atom is 0.161 e. The molecule has 0 bridgehead atoms. The highest BCUT2D eigenvalue weighted by molar-refractivity contribution is 6.20. The summed E-state index contributed by atoms with van der Waals surface area (Å²) in [6.07, 6.45) is 2.01. The van der Waals surface area contributed by atoms with Crippen molar-refractivity contribution in [3.05, 3.63) is 24.3 Å². The van der Waals surface area contributed by atoms with Crippen LogP contribution >= 0.6 is 11.6 Å². The average molecular weight is 286 g/mol. The summed E-state index contributed by atoms with van der Waals surface area (Å²) in [5.74, 6) is 1.60. The first kappa shape index (κ1) is 16.1. The van der Waals surface area contributed by atoms with E-state index in [4.69, 9.17) is 21.1 Å². The predicted molar refractivity (Wildman–Crippen MR) is 80.5 cm³/mol. The van der Waals surface area contributed by atoms with Gasteiger partial charge in [0, 0.05) is 11.9 Å². The molecule has 0 radical (unpaired) electrons.